The maximum atomic E-state index is 13.6. The molecule has 1 amide bonds. The van der Waals surface area contributed by atoms with Gasteiger partial charge in [0.15, 0.2) is 0 Å². The summed E-state index contributed by atoms with van der Waals surface area (Å²) in [4.78, 5) is 17.3. The Hall–Kier alpha value is -2.92. The van der Waals surface area contributed by atoms with Crippen LogP contribution in [0.3, 0.4) is 0 Å². The number of rotatable bonds is 5. The van der Waals surface area contributed by atoms with Crippen LogP contribution in [0, 0.1) is 11.2 Å². The Labute approximate surface area is 186 Å². The Morgan fingerprint density at radius 3 is 2.74 bits per heavy atom. The molecule has 4 nitrogen and oxygen atoms in total. The molecule has 1 aliphatic carbocycles. The van der Waals surface area contributed by atoms with Gasteiger partial charge in [0.05, 0.1) is 28.0 Å². The molecule has 1 aromatic carbocycles. The minimum atomic E-state index is -0.649. The summed E-state index contributed by atoms with van der Waals surface area (Å²) < 4.78 is 15.5. The topological polar surface area (TPSA) is 46.4 Å². The second-order valence-electron chi connectivity index (χ2n) is 8.39. The number of amides is 1. The Kier molecular flexibility index (Phi) is 5.71. The number of imidazole rings is 1. The SMILES string of the molecule is CNC(=O)C(C)(C)C(C1=CCCC=C1)c1ccc2c(-c3ccc(F)c(Cl)c3)ncn2c1. The lowest BCUT2D eigenvalue weighted by Gasteiger charge is -2.35. The Morgan fingerprint density at radius 1 is 1.26 bits per heavy atom. The number of nitrogens with one attached hydrogen (secondary N) is 1. The van der Waals surface area contributed by atoms with Crippen molar-refractivity contribution >= 4 is 23.0 Å². The monoisotopic (exact) mass is 437 g/mol. The van der Waals surface area contributed by atoms with Crippen LogP contribution < -0.4 is 5.32 Å². The van der Waals surface area contributed by atoms with Crippen LogP contribution in [0.5, 0.6) is 0 Å². The van der Waals surface area contributed by atoms with Crippen LogP contribution in [0.2, 0.25) is 5.02 Å². The van der Waals surface area contributed by atoms with E-state index in [-0.39, 0.29) is 16.8 Å². The molecule has 2 heterocycles. The maximum absolute atomic E-state index is 13.6. The van der Waals surface area contributed by atoms with Gasteiger partial charge in [0.1, 0.15) is 5.82 Å². The maximum Gasteiger partial charge on any atom is 0.226 e. The third-order valence-electron chi connectivity index (χ3n) is 5.97. The van der Waals surface area contributed by atoms with Gasteiger partial charge in [0.25, 0.3) is 0 Å². The molecule has 1 N–H and O–H groups in total. The number of hydrogen-bond acceptors (Lipinski definition) is 2. The van der Waals surface area contributed by atoms with Crippen LogP contribution in [-0.2, 0) is 4.79 Å². The average Bonchev–Trinajstić information content (AvgIpc) is 3.19. The molecule has 0 radical (unpaired) electrons. The van der Waals surface area contributed by atoms with Crippen molar-refractivity contribution in [1.82, 2.24) is 14.7 Å². The average molecular weight is 438 g/mol. The molecule has 0 saturated carbocycles. The smallest absolute Gasteiger partial charge is 0.226 e. The largest absolute Gasteiger partial charge is 0.359 e. The van der Waals surface area contributed by atoms with Crippen LogP contribution in [0.15, 0.2) is 66.7 Å². The molecule has 1 atom stereocenters. The predicted molar refractivity (Wildman–Crippen MR) is 123 cm³/mol. The van der Waals surface area contributed by atoms with E-state index in [4.69, 9.17) is 11.6 Å². The lowest BCUT2D eigenvalue weighted by atomic mass is 9.69. The third-order valence-corrected chi connectivity index (χ3v) is 6.26. The number of carbonyl (C=O) groups is 1. The number of carbonyl (C=O) groups excluding carboxylic acids is 1. The highest BCUT2D eigenvalue weighted by atomic mass is 35.5. The third kappa shape index (κ3) is 3.90. The molecule has 0 saturated heterocycles. The summed E-state index contributed by atoms with van der Waals surface area (Å²) in [6.45, 7) is 3.95. The number of fused-ring (bicyclic) bond motifs is 1. The minimum Gasteiger partial charge on any atom is -0.359 e. The van der Waals surface area contributed by atoms with Crippen molar-refractivity contribution in [1.29, 1.82) is 0 Å². The summed E-state index contributed by atoms with van der Waals surface area (Å²) in [5, 5.41) is 2.88. The van der Waals surface area contributed by atoms with E-state index < -0.39 is 11.2 Å². The molecule has 0 fully saturated rings. The summed E-state index contributed by atoms with van der Waals surface area (Å²) in [6, 6.07) is 8.65. The van der Waals surface area contributed by atoms with Gasteiger partial charge in [0.2, 0.25) is 5.91 Å². The standard InChI is InChI=1S/C25H25ClFN3O/c1-25(2,24(31)28-3)22(16-7-5-4-6-8-16)18-10-12-21-23(29-15-30(21)14-18)17-9-11-20(27)19(26)13-17/h5,7-15,22H,4,6H2,1-3H3,(H,28,31). The van der Waals surface area contributed by atoms with Gasteiger partial charge in [-0.3, -0.25) is 4.79 Å². The van der Waals surface area contributed by atoms with E-state index in [9.17, 15) is 9.18 Å². The van der Waals surface area contributed by atoms with E-state index in [0.717, 1.165) is 40.8 Å². The molecule has 0 spiro atoms. The van der Waals surface area contributed by atoms with Gasteiger partial charge in [-0.1, -0.05) is 49.7 Å². The number of halogens is 2. The molecule has 0 bridgehead atoms. The Morgan fingerprint density at radius 2 is 2.06 bits per heavy atom. The summed E-state index contributed by atoms with van der Waals surface area (Å²) in [5.74, 6) is -0.575. The summed E-state index contributed by atoms with van der Waals surface area (Å²) in [5.41, 5.74) is 3.89. The molecule has 1 aliphatic rings. The molecule has 3 aromatic rings. The first-order valence-corrected chi connectivity index (χ1v) is 10.7. The van der Waals surface area contributed by atoms with Crippen molar-refractivity contribution in [3.05, 3.63) is 83.1 Å². The molecule has 0 aliphatic heterocycles. The van der Waals surface area contributed by atoms with Crippen LogP contribution >= 0.6 is 11.6 Å². The zero-order chi connectivity index (χ0) is 22.2. The van der Waals surface area contributed by atoms with E-state index in [0.29, 0.717) is 0 Å². The molecule has 31 heavy (non-hydrogen) atoms. The van der Waals surface area contributed by atoms with Crippen LogP contribution in [0.4, 0.5) is 4.39 Å². The molecular weight excluding hydrogens is 413 g/mol. The fraction of sp³-hybridized carbons (Fsp3) is 0.280. The fourth-order valence-electron chi connectivity index (χ4n) is 4.38. The molecule has 6 heteroatoms. The van der Waals surface area contributed by atoms with E-state index >= 15 is 0 Å². The molecular formula is C25H25ClFN3O. The van der Waals surface area contributed by atoms with E-state index in [1.54, 1.807) is 25.5 Å². The van der Waals surface area contributed by atoms with Crippen molar-refractivity contribution in [2.75, 3.05) is 7.05 Å². The van der Waals surface area contributed by atoms with E-state index in [1.807, 2.05) is 36.6 Å². The van der Waals surface area contributed by atoms with Crippen LogP contribution in [0.1, 0.15) is 38.2 Å². The van der Waals surface area contributed by atoms with Gasteiger partial charge in [-0.15, -0.1) is 0 Å². The molecule has 160 valence electrons. The Balaban J connectivity index is 1.81. The number of benzene rings is 1. The normalized spacial score (nSPS) is 15.1. The number of allylic oxidation sites excluding steroid dienone is 4. The predicted octanol–water partition coefficient (Wildman–Crippen LogP) is 5.93. The van der Waals surface area contributed by atoms with Crippen molar-refractivity contribution in [2.24, 2.45) is 5.41 Å². The minimum absolute atomic E-state index is 0.00950. The van der Waals surface area contributed by atoms with Crippen LogP contribution in [-0.4, -0.2) is 22.3 Å². The zero-order valence-electron chi connectivity index (χ0n) is 17.8. The van der Waals surface area contributed by atoms with Gasteiger partial charge >= 0.3 is 0 Å². The lowest BCUT2D eigenvalue weighted by molar-refractivity contribution is -0.129. The lowest BCUT2D eigenvalue weighted by Crippen LogP contribution is -2.40. The highest BCUT2D eigenvalue weighted by Gasteiger charge is 2.39. The van der Waals surface area contributed by atoms with Crippen molar-refractivity contribution in [3.8, 4) is 11.3 Å². The van der Waals surface area contributed by atoms with Gasteiger partial charge in [-0.25, -0.2) is 9.37 Å². The quantitative estimate of drug-likeness (QED) is 0.538. The van der Waals surface area contributed by atoms with Crippen LogP contribution in [0.25, 0.3) is 16.8 Å². The van der Waals surface area contributed by atoms with Crippen molar-refractivity contribution in [2.45, 2.75) is 32.6 Å². The fourth-order valence-corrected chi connectivity index (χ4v) is 4.56. The van der Waals surface area contributed by atoms with Crippen molar-refractivity contribution in [3.63, 3.8) is 0 Å². The number of pyridine rings is 1. The summed E-state index contributed by atoms with van der Waals surface area (Å²) >= 11 is 5.97. The number of hydrogen-bond donors (Lipinski definition) is 1. The van der Waals surface area contributed by atoms with Gasteiger partial charge in [-0.05, 0) is 48.2 Å². The molecule has 1 unspecified atom stereocenters. The van der Waals surface area contributed by atoms with Gasteiger partial charge < -0.3 is 9.72 Å². The van der Waals surface area contributed by atoms with Gasteiger partial charge in [0, 0.05) is 24.7 Å². The first-order valence-electron chi connectivity index (χ1n) is 10.3. The molecule has 2 aromatic heterocycles. The van der Waals surface area contributed by atoms with Gasteiger partial charge in [-0.2, -0.15) is 0 Å². The first kappa shape index (κ1) is 21.3. The van der Waals surface area contributed by atoms with E-state index in [1.165, 1.54) is 6.07 Å². The highest BCUT2D eigenvalue weighted by Crippen LogP contribution is 2.43. The zero-order valence-corrected chi connectivity index (χ0v) is 18.6. The summed E-state index contributed by atoms with van der Waals surface area (Å²) in [7, 11) is 1.67. The second-order valence-corrected chi connectivity index (χ2v) is 8.80. The second kappa shape index (κ2) is 8.31. The number of nitrogens with zero attached hydrogens (tertiary/aromatic N) is 2. The Bertz CT molecular complexity index is 1210. The number of aromatic nitrogens is 2. The first-order chi connectivity index (χ1) is 14.8. The van der Waals surface area contributed by atoms with E-state index in [2.05, 4.69) is 28.5 Å². The molecule has 4 rings (SSSR count). The highest BCUT2D eigenvalue weighted by molar-refractivity contribution is 6.31. The summed E-state index contributed by atoms with van der Waals surface area (Å²) in [6.07, 6.45) is 12.3. The van der Waals surface area contributed by atoms with Crippen molar-refractivity contribution < 1.29 is 9.18 Å².